The van der Waals surface area contributed by atoms with E-state index in [0.29, 0.717) is 28.7 Å². The highest BCUT2D eigenvalue weighted by atomic mass is 35.5. The molecule has 0 unspecified atom stereocenters. The van der Waals surface area contributed by atoms with Gasteiger partial charge in [-0.2, -0.15) is 0 Å². The standard InChI is InChI=1S/C16H17Cl2N3O2/c17-12-5-6-15(13(18)9-12)20-8-7-16(19)23-10-11-3-1-2-4-14(11)21-22/h1-6,9,19-22H,7-8,10H2. The normalized spacial score (nSPS) is 10.2. The Morgan fingerprint density at radius 3 is 2.65 bits per heavy atom. The fraction of sp³-hybridized carbons (Fsp3) is 0.188. The Hall–Kier alpha value is -1.95. The average molecular weight is 354 g/mol. The van der Waals surface area contributed by atoms with Crippen LogP contribution in [0.5, 0.6) is 0 Å². The first-order valence-corrected chi connectivity index (χ1v) is 7.73. The summed E-state index contributed by atoms with van der Waals surface area (Å²) in [5.41, 5.74) is 4.20. The summed E-state index contributed by atoms with van der Waals surface area (Å²) in [6.07, 6.45) is 0.410. The first-order valence-electron chi connectivity index (χ1n) is 6.97. The third-order valence-corrected chi connectivity index (χ3v) is 3.69. The summed E-state index contributed by atoms with van der Waals surface area (Å²) in [4.78, 5) is 0. The van der Waals surface area contributed by atoms with E-state index in [-0.39, 0.29) is 12.5 Å². The number of benzene rings is 2. The summed E-state index contributed by atoms with van der Waals surface area (Å²) < 4.78 is 5.40. The number of hydrogen-bond acceptors (Lipinski definition) is 5. The number of halogens is 2. The molecular formula is C16H17Cl2N3O2. The Kier molecular flexibility index (Phi) is 6.52. The number of nitrogens with one attached hydrogen (secondary N) is 3. The van der Waals surface area contributed by atoms with Gasteiger partial charge in [0, 0.05) is 23.6 Å². The zero-order valence-corrected chi connectivity index (χ0v) is 13.8. The molecule has 4 N–H and O–H groups in total. The molecule has 0 fully saturated rings. The van der Waals surface area contributed by atoms with Crippen LogP contribution in [0.15, 0.2) is 42.5 Å². The van der Waals surface area contributed by atoms with Crippen LogP contribution >= 0.6 is 23.2 Å². The second-order valence-corrected chi connectivity index (χ2v) is 5.63. The lowest BCUT2D eigenvalue weighted by Crippen LogP contribution is -2.11. The van der Waals surface area contributed by atoms with Crippen molar-refractivity contribution in [3.8, 4) is 0 Å². The van der Waals surface area contributed by atoms with Gasteiger partial charge in [-0.05, 0) is 24.3 Å². The second kappa shape index (κ2) is 8.62. The predicted octanol–water partition coefficient (Wildman–Crippen LogP) is 4.79. The van der Waals surface area contributed by atoms with Gasteiger partial charge in [0.15, 0.2) is 5.90 Å². The van der Waals surface area contributed by atoms with Gasteiger partial charge >= 0.3 is 0 Å². The highest BCUT2D eigenvalue weighted by Gasteiger charge is 2.05. The van der Waals surface area contributed by atoms with Crippen LogP contribution in [0, 0.1) is 5.41 Å². The molecule has 0 aliphatic carbocycles. The summed E-state index contributed by atoms with van der Waals surface area (Å²) in [7, 11) is 0. The molecule has 2 aromatic rings. The molecule has 2 rings (SSSR count). The van der Waals surface area contributed by atoms with Gasteiger partial charge in [-0.15, -0.1) is 0 Å². The first kappa shape index (κ1) is 17.4. The molecule has 0 amide bonds. The smallest absolute Gasteiger partial charge is 0.182 e. The van der Waals surface area contributed by atoms with Crippen molar-refractivity contribution in [1.29, 1.82) is 5.41 Å². The van der Waals surface area contributed by atoms with Crippen LogP contribution in [0.3, 0.4) is 0 Å². The highest BCUT2D eigenvalue weighted by Crippen LogP contribution is 2.25. The average Bonchev–Trinajstić information content (AvgIpc) is 2.55. The van der Waals surface area contributed by atoms with Crippen molar-refractivity contribution in [1.82, 2.24) is 0 Å². The molecule has 7 heteroatoms. The summed E-state index contributed by atoms with van der Waals surface area (Å²) in [6, 6.07) is 12.4. The van der Waals surface area contributed by atoms with Crippen molar-refractivity contribution in [2.75, 3.05) is 17.3 Å². The maximum absolute atomic E-state index is 9.01. The minimum Gasteiger partial charge on any atom is -0.476 e. The van der Waals surface area contributed by atoms with Gasteiger partial charge < -0.3 is 10.1 Å². The van der Waals surface area contributed by atoms with Crippen molar-refractivity contribution in [2.24, 2.45) is 0 Å². The van der Waals surface area contributed by atoms with Crippen LogP contribution in [0.4, 0.5) is 11.4 Å². The molecule has 0 atom stereocenters. The Morgan fingerprint density at radius 2 is 1.91 bits per heavy atom. The monoisotopic (exact) mass is 353 g/mol. The SMILES string of the molecule is N=C(CCNc1ccc(Cl)cc1Cl)OCc1ccccc1NO. The third-order valence-electron chi connectivity index (χ3n) is 3.14. The van der Waals surface area contributed by atoms with E-state index >= 15 is 0 Å². The van der Waals surface area contributed by atoms with E-state index in [1.54, 1.807) is 30.3 Å². The molecular weight excluding hydrogens is 337 g/mol. The molecule has 0 bridgehead atoms. The van der Waals surface area contributed by atoms with E-state index in [0.717, 1.165) is 11.3 Å². The predicted molar refractivity (Wildman–Crippen MR) is 93.9 cm³/mol. The van der Waals surface area contributed by atoms with Crippen LogP contribution in [0.1, 0.15) is 12.0 Å². The van der Waals surface area contributed by atoms with E-state index in [1.165, 1.54) is 0 Å². The first-order chi connectivity index (χ1) is 11.1. The molecule has 0 saturated carbocycles. The summed E-state index contributed by atoms with van der Waals surface area (Å²) in [6.45, 7) is 0.727. The quantitative estimate of drug-likeness (QED) is 0.328. The molecule has 0 radical (unpaired) electrons. The number of para-hydroxylation sites is 1. The van der Waals surface area contributed by atoms with Crippen molar-refractivity contribution < 1.29 is 9.94 Å². The molecule has 0 aliphatic rings. The molecule has 5 nitrogen and oxygen atoms in total. The molecule has 23 heavy (non-hydrogen) atoms. The van der Waals surface area contributed by atoms with Crippen LogP contribution in [-0.4, -0.2) is 17.6 Å². The van der Waals surface area contributed by atoms with Crippen molar-refractivity contribution in [2.45, 2.75) is 13.0 Å². The van der Waals surface area contributed by atoms with Crippen LogP contribution < -0.4 is 10.8 Å². The number of rotatable bonds is 7. The Morgan fingerprint density at radius 1 is 1.13 bits per heavy atom. The van der Waals surface area contributed by atoms with Crippen LogP contribution in [-0.2, 0) is 11.3 Å². The number of anilines is 2. The van der Waals surface area contributed by atoms with Crippen molar-refractivity contribution in [3.63, 3.8) is 0 Å². The van der Waals surface area contributed by atoms with Gasteiger partial charge in [0.05, 0.1) is 16.4 Å². The highest BCUT2D eigenvalue weighted by molar-refractivity contribution is 6.36. The molecule has 0 saturated heterocycles. The Labute approximate surface area is 144 Å². The second-order valence-electron chi connectivity index (χ2n) is 4.78. The summed E-state index contributed by atoms with van der Waals surface area (Å²) >= 11 is 11.9. The summed E-state index contributed by atoms with van der Waals surface area (Å²) in [5.74, 6) is 0.148. The minimum atomic E-state index is 0.148. The van der Waals surface area contributed by atoms with Gasteiger partial charge in [0.25, 0.3) is 0 Å². The zero-order chi connectivity index (χ0) is 16.7. The van der Waals surface area contributed by atoms with E-state index in [2.05, 4.69) is 10.8 Å². The summed E-state index contributed by atoms with van der Waals surface area (Å²) in [5, 5.41) is 21.1. The van der Waals surface area contributed by atoms with Crippen LogP contribution in [0.2, 0.25) is 10.0 Å². The van der Waals surface area contributed by atoms with Crippen molar-refractivity contribution >= 4 is 40.5 Å². The molecule has 0 spiro atoms. The zero-order valence-electron chi connectivity index (χ0n) is 12.3. The lowest BCUT2D eigenvalue weighted by molar-refractivity contribution is 0.280. The Balaban J connectivity index is 1.77. The van der Waals surface area contributed by atoms with E-state index in [9.17, 15) is 0 Å². The fourth-order valence-corrected chi connectivity index (χ4v) is 2.41. The van der Waals surface area contributed by atoms with Gasteiger partial charge in [0.1, 0.15) is 6.61 Å². The molecule has 0 aromatic heterocycles. The van der Waals surface area contributed by atoms with Crippen molar-refractivity contribution in [3.05, 3.63) is 58.1 Å². The number of ether oxygens (including phenoxy) is 1. The number of hydrogen-bond donors (Lipinski definition) is 4. The van der Waals surface area contributed by atoms with E-state index in [1.807, 2.05) is 12.1 Å². The third kappa shape index (κ3) is 5.32. The van der Waals surface area contributed by atoms with Gasteiger partial charge in [-0.3, -0.25) is 16.1 Å². The van der Waals surface area contributed by atoms with Gasteiger partial charge in [-0.1, -0.05) is 41.4 Å². The van der Waals surface area contributed by atoms with Crippen LogP contribution in [0.25, 0.3) is 0 Å². The molecule has 0 aliphatic heterocycles. The molecule has 2 aromatic carbocycles. The van der Waals surface area contributed by atoms with E-state index < -0.39 is 0 Å². The largest absolute Gasteiger partial charge is 0.476 e. The minimum absolute atomic E-state index is 0.148. The van der Waals surface area contributed by atoms with E-state index in [4.69, 9.17) is 38.6 Å². The maximum atomic E-state index is 9.01. The van der Waals surface area contributed by atoms with Gasteiger partial charge in [-0.25, -0.2) is 0 Å². The van der Waals surface area contributed by atoms with Gasteiger partial charge in [0.2, 0.25) is 0 Å². The lowest BCUT2D eigenvalue weighted by Gasteiger charge is -2.12. The topological polar surface area (TPSA) is 77.4 Å². The molecule has 0 heterocycles. The fourth-order valence-electron chi connectivity index (χ4n) is 1.94. The Bertz CT molecular complexity index is 680. The lowest BCUT2D eigenvalue weighted by atomic mass is 10.2. The maximum Gasteiger partial charge on any atom is 0.182 e. The molecule has 122 valence electrons.